The van der Waals surface area contributed by atoms with E-state index in [0.717, 1.165) is 0 Å². The molecule has 17 heavy (non-hydrogen) atoms. The van der Waals surface area contributed by atoms with E-state index in [1.807, 2.05) is 19.9 Å². The number of hydrogen-bond donors (Lipinski definition) is 0. The molecule has 0 saturated carbocycles. The van der Waals surface area contributed by atoms with Gasteiger partial charge in [-0.15, -0.1) is 0 Å². The minimum atomic E-state index is -0.538. The molecule has 3 heteroatoms. The van der Waals surface area contributed by atoms with Gasteiger partial charge in [-0.2, -0.15) is 0 Å². The summed E-state index contributed by atoms with van der Waals surface area (Å²) in [5, 5.41) is 0. The Labute approximate surface area is 102 Å². The average Bonchev–Trinajstić information content (AvgIpc) is 2.36. The summed E-state index contributed by atoms with van der Waals surface area (Å²) in [5.41, 5.74) is 0.572. The second kappa shape index (κ2) is 5.51. The van der Waals surface area contributed by atoms with Crippen LogP contribution in [0.15, 0.2) is 24.3 Å². The molecule has 0 radical (unpaired) electrons. The second-order valence-electron chi connectivity index (χ2n) is 4.00. The maximum Gasteiger partial charge on any atom is 0.339 e. The lowest BCUT2D eigenvalue weighted by Crippen LogP contribution is -2.19. The minimum Gasteiger partial charge on any atom is -0.465 e. The first-order valence-electron chi connectivity index (χ1n) is 5.26. The van der Waals surface area contributed by atoms with Gasteiger partial charge in [-0.25, -0.2) is 4.79 Å². The van der Waals surface area contributed by atoms with E-state index in [-0.39, 0.29) is 5.97 Å². The number of esters is 1. The molecule has 0 bridgehead atoms. The molecule has 0 aliphatic rings. The maximum atomic E-state index is 11.5. The number of hydrogen-bond acceptors (Lipinski definition) is 3. The molecule has 0 aliphatic carbocycles. The van der Waals surface area contributed by atoms with Crippen LogP contribution in [0, 0.1) is 11.8 Å². The molecule has 0 amide bonds. The summed E-state index contributed by atoms with van der Waals surface area (Å²) in [4.78, 5) is 11.5. The standard InChI is InChI=1S/C14H16O3/c1-14(2,17-4)10-9-11-7-5-6-8-12(11)13(15)16-3/h5-8H,1-4H3. The van der Waals surface area contributed by atoms with Gasteiger partial charge in [0.05, 0.1) is 12.7 Å². The number of carbonyl (C=O) groups is 1. The first kappa shape index (κ1) is 13.3. The molecule has 1 aromatic carbocycles. The highest BCUT2D eigenvalue weighted by Gasteiger charge is 2.13. The van der Waals surface area contributed by atoms with Gasteiger partial charge >= 0.3 is 5.97 Å². The van der Waals surface area contributed by atoms with Crippen LogP contribution in [0.1, 0.15) is 29.8 Å². The fourth-order valence-corrected chi connectivity index (χ4v) is 1.15. The summed E-state index contributed by atoms with van der Waals surface area (Å²) in [6.07, 6.45) is 0. The molecule has 0 unspecified atom stereocenters. The van der Waals surface area contributed by atoms with Gasteiger partial charge in [0.25, 0.3) is 0 Å². The zero-order chi connectivity index (χ0) is 12.9. The van der Waals surface area contributed by atoms with E-state index in [2.05, 4.69) is 11.8 Å². The van der Waals surface area contributed by atoms with Crippen molar-refractivity contribution >= 4 is 5.97 Å². The first-order valence-corrected chi connectivity index (χ1v) is 5.26. The van der Waals surface area contributed by atoms with Crippen molar-refractivity contribution in [3.63, 3.8) is 0 Å². The van der Waals surface area contributed by atoms with E-state index < -0.39 is 5.60 Å². The van der Waals surface area contributed by atoms with Crippen molar-refractivity contribution < 1.29 is 14.3 Å². The number of ether oxygens (including phenoxy) is 2. The minimum absolute atomic E-state index is 0.384. The normalized spacial score (nSPS) is 10.4. The van der Waals surface area contributed by atoms with Gasteiger partial charge in [0, 0.05) is 12.7 Å². The molecule has 0 spiro atoms. The van der Waals surface area contributed by atoms with Gasteiger partial charge in [0.15, 0.2) is 0 Å². The van der Waals surface area contributed by atoms with Gasteiger partial charge in [-0.05, 0) is 26.0 Å². The quantitative estimate of drug-likeness (QED) is 0.579. The molecule has 0 saturated heterocycles. The predicted octanol–water partition coefficient (Wildman–Crippen LogP) is 2.25. The molecule has 0 N–H and O–H groups in total. The number of rotatable bonds is 2. The molecule has 3 nitrogen and oxygen atoms in total. The highest BCUT2D eigenvalue weighted by Crippen LogP contribution is 2.10. The third-order valence-electron chi connectivity index (χ3n) is 2.34. The SMILES string of the molecule is COC(=O)c1ccccc1C#CC(C)(C)OC. The van der Waals surface area contributed by atoms with Crippen LogP contribution in [-0.2, 0) is 9.47 Å². The van der Waals surface area contributed by atoms with E-state index in [1.54, 1.807) is 25.3 Å². The Morgan fingerprint density at radius 3 is 2.47 bits per heavy atom. The van der Waals surface area contributed by atoms with Gasteiger partial charge in [-0.1, -0.05) is 24.0 Å². The van der Waals surface area contributed by atoms with E-state index >= 15 is 0 Å². The largest absolute Gasteiger partial charge is 0.465 e. The van der Waals surface area contributed by atoms with Crippen molar-refractivity contribution in [1.82, 2.24) is 0 Å². The molecule has 0 atom stereocenters. The average molecular weight is 232 g/mol. The van der Waals surface area contributed by atoms with Crippen LogP contribution >= 0.6 is 0 Å². The molecule has 0 heterocycles. The van der Waals surface area contributed by atoms with E-state index in [4.69, 9.17) is 9.47 Å². The lowest BCUT2D eigenvalue weighted by Gasteiger charge is -2.14. The summed E-state index contributed by atoms with van der Waals surface area (Å²) >= 11 is 0. The molecule has 1 rings (SSSR count). The smallest absolute Gasteiger partial charge is 0.339 e. The first-order chi connectivity index (χ1) is 8.00. The summed E-state index contributed by atoms with van der Waals surface area (Å²) in [6, 6.07) is 7.08. The number of benzene rings is 1. The van der Waals surface area contributed by atoms with Crippen molar-refractivity contribution in [2.75, 3.05) is 14.2 Å². The van der Waals surface area contributed by atoms with Crippen molar-refractivity contribution in [1.29, 1.82) is 0 Å². The highest BCUT2D eigenvalue weighted by molar-refractivity contribution is 5.92. The van der Waals surface area contributed by atoms with Crippen molar-refractivity contribution in [2.45, 2.75) is 19.4 Å². The lowest BCUT2D eigenvalue weighted by atomic mass is 10.1. The van der Waals surface area contributed by atoms with Crippen LogP contribution in [-0.4, -0.2) is 25.8 Å². The van der Waals surface area contributed by atoms with Crippen molar-refractivity contribution in [3.05, 3.63) is 35.4 Å². The summed E-state index contributed by atoms with van der Waals surface area (Å²) in [5.74, 6) is 5.52. The summed E-state index contributed by atoms with van der Waals surface area (Å²) < 4.78 is 9.89. The van der Waals surface area contributed by atoms with E-state index in [1.165, 1.54) is 7.11 Å². The van der Waals surface area contributed by atoms with Gasteiger partial charge in [0.2, 0.25) is 0 Å². The summed E-state index contributed by atoms with van der Waals surface area (Å²) in [7, 11) is 2.95. The molecular formula is C14H16O3. The van der Waals surface area contributed by atoms with E-state index in [0.29, 0.717) is 11.1 Å². The lowest BCUT2D eigenvalue weighted by molar-refractivity contribution is 0.0600. The molecule has 0 fully saturated rings. The van der Waals surface area contributed by atoms with E-state index in [9.17, 15) is 4.79 Å². The zero-order valence-electron chi connectivity index (χ0n) is 10.5. The van der Waals surface area contributed by atoms with Crippen LogP contribution < -0.4 is 0 Å². The number of carbonyl (C=O) groups excluding carboxylic acids is 1. The zero-order valence-corrected chi connectivity index (χ0v) is 10.5. The van der Waals surface area contributed by atoms with Gasteiger partial charge < -0.3 is 9.47 Å². The monoisotopic (exact) mass is 232 g/mol. The molecule has 90 valence electrons. The van der Waals surface area contributed by atoms with Crippen LogP contribution in [0.3, 0.4) is 0 Å². The molecule has 0 aromatic heterocycles. The predicted molar refractivity (Wildman–Crippen MR) is 65.7 cm³/mol. The third kappa shape index (κ3) is 3.61. The maximum absolute atomic E-state index is 11.5. The molecule has 1 aromatic rings. The topological polar surface area (TPSA) is 35.5 Å². The third-order valence-corrected chi connectivity index (χ3v) is 2.34. The van der Waals surface area contributed by atoms with Crippen LogP contribution in [0.5, 0.6) is 0 Å². The molecule has 0 aliphatic heterocycles. The fraction of sp³-hybridized carbons (Fsp3) is 0.357. The summed E-state index contributed by atoms with van der Waals surface area (Å²) in [6.45, 7) is 3.72. The Kier molecular flexibility index (Phi) is 4.30. The Hall–Kier alpha value is -1.79. The van der Waals surface area contributed by atoms with Crippen LogP contribution in [0.4, 0.5) is 0 Å². The Balaban J connectivity index is 3.11. The van der Waals surface area contributed by atoms with Crippen molar-refractivity contribution in [3.8, 4) is 11.8 Å². The molecular weight excluding hydrogens is 216 g/mol. The van der Waals surface area contributed by atoms with Crippen LogP contribution in [0.2, 0.25) is 0 Å². The van der Waals surface area contributed by atoms with Crippen LogP contribution in [0.25, 0.3) is 0 Å². The van der Waals surface area contributed by atoms with Crippen molar-refractivity contribution in [2.24, 2.45) is 0 Å². The second-order valence-corrected chi connectivity index (χ2v) is 4.00. The number of methoxy groups -OCH3 is 2. The van der Waals surface area contributed by atoms with Gasteiger partial charge in [0.1, 0.15) is 5.60 Å². The fourth-order valence-electron chi connectivity index (χ4n) is 1.15. The Morgan fingerprint density at radius 1 is 1.24 bits per heavy atom. The van der Waals surface area contributed by atoms with Gasteiger partial charge in [-0.3, -0.25) is 0 Å². The Bertz CT molecular complexity index is 464. The highest BCUT2D eigenvalue weighted by atomic mass is 16.5. The Morgan fingerprint density at radius 2 is 1.88 bits per heavy atom.